The minimum absolute atomic E-state index is 0.209. The average Bonchev–Trinajstić information content (AvgIpc) is 2.99. The van der Waals surface area contributed by atoms with Crippen molar-refractivity contribution in [2.24, 2.45) is 0 Å². The molecule has 0 aliphatic rings. The maximum atomic E-state index is 12.0. The minimum Gasteiger partial charge on any atom is -0.452 e. The van der Waals surface area contributed by atoms with E-state index in [4.69, 9.17) is 20.9 Å². The molecular weight excluding hydrogens is 350 g/mol. The maximum absolute atomic E-state index is 12.0. The zero-order chi connectivity index (χ0) is 18.4. The summed E-state index contributed by atoms with van der Waals surface area (Å²) < 4.78 is 9.84. The van der Waals surface area contributed by atoms with Crippen molar-refractivity contribution >= 4 is 29.4 Å². The van der Waals surface area contributed by atoms with E-state index in [2.05, 4.69) is 16.0 Å². The van der Waals surface area contributed by atoms with Gasteiger partial charge in [-0.1, -0.05) is 23.7 Å². The normalized spacial score (nSPS) is 10.2. The van der Waals surface area contributed by atoms with Crippen molar-refractivity contribution in [1.82, 2.24) is 16.0 Å². The smallest absolute Gasteiger partial charge is 0.344 e. The molecule has 1 aromatic heterocycles. The molecule has 0 aliphatic carbocycles. The summed E-state index contributed by atoms with van der Waals surface area (Å²) in [7, 11) is 0. The Morgan fingerprint density at radius 3 is 2.52 bits per heavy atom. The molecule has 0 bridgehead atoms. The largest absolute Gasteiger partial charge is 0.452 e. The number of aryl methyl sites for hydroxylation is 2. The summed E-state index contributed by atoms with van der Waals surface area (Å²) in [6.45, 7) is 2.83. The summed E-state index contributed by atoms with van der Waals surface area (Å²) in [5, 5.41) is 4.23. The molecule has 25 heavy (non-hydrogen) atoms. The number of esters is 1. The van der Waals surface area contributed by atoms with Gasteiger partial charge in [0, 0.05) is 10.6 Å². The first-order chi connectivity index (χ1) is 11.9. The predicted molar refractivity (Wildman–Crippen MR) is 88.0 cm³/mol. The molecule has 0 radical (unpaired) electrons. The van der Waals surface area contributed by atoms with E-state index in [1.807, 2.05) is 6.92 Å². The highest BCUT2D eigenvalue weighted by Crippen LogP contribution is 2.15. The van der Waals surface area contributed by atoms with Crippen molar-refractivity contribution < 1.29 is 23.6 Å². The average molecular weight is 366 g/mol. The lowest BCUT2D eigenvalue weighted by molar-refractivity contribution is -0.125. The second-order valence-electron chi connectivity index (χ2n) is 5.00. The fraction of sp³-hybridized carbons (Fsp3) is 0.250. The summed E-state index contributed by atoms with van der Waals surface area (Å²) in [5.74, 6) is -1.62. The number of carbonyl (C=O) groups excluding carboxylic acids is 3. The first kappa shape index (κ1) is 18.5. The first-order valence-electron chi connectivity index (χ1n) is 7.39. The lowest BCUT2D eigenvalue weighted by Crippen LogP contribution is -2.43. The van der Waals surface area contributed by atoms with Crippen LogP contribution in [0.3, 0.4) is 0 Å². The van der Waals surface area contributed by atoms with Crippen LogP contribution in [0.25, 0.3) is 0 Å². The van der Waals surface area contributed by atoms with E-state index in [1.54, 1.807) is 19.1 Å². The van der Waals surface area contributed by atoms with Gasteiger partial charge in [0.05, 0.1) is 5.69 Å². The molecule has 2 rings (SSSR count). The highest BCUT2D eigenvalue weighted by Gasteiger charge is 2.21. The van der Waals surface area contributed by atoms with Gasteiger partial charge in [0.2, 0.25) is 0 Å². The zero-order valence-corrected chi connectivity index (χ0v) is 14.3. The Hall–Kier alpha value is -2.87. The highest BCUT2D eigenvalue weighted by molar-refractivity contribution is 6.30. The number of amides is 2. The molecule has 0 aliphatic heterocycles. The number of hydrazine groups is 1. The Morgan fingerprint density at radius 2 is 1.88 bits per heavy atom. The molecule has 2 aromatic rings. The lowest BCUT2D eigenvalue weighted by Gasteiger charge is -2.08. The number of hydrogen-bond donors (Lipinski definition) is 2. The SMILES string of the molecule is CCc1noc(C)c1C(=O)OCC(=O)NNC(=O)c1ccc(Cl)cc1. The van der Waals surface area contributed by atoms with Crippen molar-refractivity contribution in [3.05, 3.63) is 51.9 Å². The fourth-order valence-corrected chi connectivity index (χ4v) is 2.09. The monoisotopic (exact) mass is 365 g/mol. The molecule has 132 valence electrons. The molecule has 8 nitrogen and oxygen atoms in total. The van der Waals surface area contributed by atoms with Crippen molar-refractivity contribution in [3.8, 4) is 0 Å². The summed E-state index contributed by atoms with van der Waals surface area (Å²) in [6, 6.07) is 6.11. The molecule has 0 saturated carbocycles. The van der Waals surface area contributed by atoms with E-state index in [9.17, 15) is 14.4 Å². The number of nitrogens with one attached hydrogen (secondary N) is 2. The van der Waals surface area contributed by atoms with Gasteiger partial charge < -0.3 is 9.26 Å². The molecular formula is C16H16ClN3O5. The van der Waals surface area contributed by atoms with Crippen LogP contribution in [0.15, 0.2) is 28.8 Å². The Kier molecular flexibility index (Phi) is 6.13. The molecule has 0 unspecified atom stereocenters. The van der Waals surface area contributed by atoms with Crippen LogP contribution in [0, 0.1) is 6.92 Å². The van der Waals surface area contributed by atoms with Crippen LogP contribution in [0.5, 0.6) is 0 Å². The number of ether oxygens (including phenoxy) is 1. The lowest BCUT2D eigenvalue weighted by atomic mass is 10.1. The number of rotatable bonds is 5. The van der Waals surface area contributed by atoms with Gasteiger partial charge in [0.1, 0.15) is 11.3 Å². The maximum Gasteiger partial charge on any atom is 0.344 e. The molecule has 1 aromatic carbocycles. The first-order valence-corrected chi connectivity index (χ1v) is 7.77. The molecule has 0 atom stereocenters. The third kappa shape index (κ3) is 4.80. The number of nitrogens with zero attached hydrogens (tertiary/aromatic N) is 1. The third-order valence-electron chi connectivity index (χ3n) is 3.23. The third-order valence-corrected chi connectivity index (χ3v) is 3.48. The van der Waals surface area contributed by atoms with E-state index in [-0.39, 0.29) is 5.56 Å². The van der Waals surface area contributed by atoms with Gasteiger partial charge in [0.25, 0.3) is 11.8 Å². The molecule has 0 saturated heterocycles. The number of hydrogen-bond acceptors (Lipinski definition) is 6. The number of halogens is 1. The van der Waals surface area contributed by atoms with Crippen LogP contribution in [-0.4, -0.2) is 29.5 Å². The van der Waals surface area contributed by atoms with Gasteiger partial charge in [-0.2, -0.15) is 0 Å². The number of aromatic nitrogens is 1. The fourth-order valence-electron chi connectivity index (χ4n) is 1.96. The van der Waals surface area contributed by atoms with Crippen molar-refractivity contribution in [3.63, 3.8) is 0 Å². The Labute approximate surface area is 148 Å². The Morgan fingerprint density at radius 1 is 1.20 bits per heavy atom. The molecule has 2 amide bonds. The predicted octanol–water partition coefficient (Wildman–Crippen LogP) is 1.82. The second kappa shape index (κ2) is 8.29. The van der Waals surface area contributed by atoms with Crippen LogP contribution < -0.4 is 10.9 Å². The van der Waals surface area contributed by atoms with Gasteiger partial charge >= 0.3 is 5.97 Å². The molecule has 0 fully saturated rings. The molecule has 2 N–H and O–H groups in total. The van der Waals surface area contributed by atoms with E-state index in [0.29, 0.717) is 28.5 Å². The van der Waals surface area contributed by atoms with Crippen molar-refractivity contribution in [1.29, 1.82) is 0 Å². The van der Waals surface area contributed by atoms with E-state index in [1.165, 1.54) is 12.1 Å². The highest BCUT2D eigenvalue weighted by atomic mass is 35.5. The van der Waals surface area contributed by atoms with Gasteiger partial charge in [-0.15, -0.1) is 0 Å². The molecule has 0 spiro atoms. The number of carbonyl (C=O) groups is 3. The van der Waals surface area contributed by atoms with Crippen LogP contribution in [0.4, 0.5) is 0 Å². The topological polar surface area (TPSA) is 111 Å². The zero-order valence-electron chi connectivity index (χ0n) is 13.6. The van der Waals surface area contributed by atoms with E-state index in [0.717, 1.165) is 0 Å². The van der Waals surface area contributed by atoms with Crippen LogP contribution in [-0.2, 0) is 16.0 Å². The minimum atomic E-state index is -0.713. The summed E-state index contributed by atoms with van der Waals surface area (Å²) in [5.41, 5.74) is 5.34. The van der Waals surface area contributed by atoms with Crippen LogP contribution in [0.1, 0.15) is 39.1 Å². The molecule has 9 heteroatoms. The van der Waals surface area contributed by atoms with Crippen molar-refractivity contribution in [2.45, 2.75) is 20.3 Å². The summed E-state index contributed by atoms with van der Waals surface area (Å²) in [6.07, 6.45) is 0.491. The van der Waals surface area contributed by atoms with Gasteiger partial charge in [-0.05, 0) is 37.6 Å². The molecule has 1 heterocycles. The summed E-state index contributed by atoms with van der Waals surface area (Å²) >= 11 is 5.73. The van der Waals surface area contributed by atoms with Crippen LogP contribution >= 0.6 is 11.6 Å². The second-order valence-corrected chi connectivity index (χ2v) is 5.44. The number of benzene rings is 1. The van der Waals surface area contributed by atoms with Gasteiger partial charge in [0.15, 0.2) is 6.61 Å². The van der Waals surface area contributed by atoms with Gasteiger partial charge in [-0.25, -0.2) is 4.79 Å². The quantitative estimate of drug-likeness (QED) is 0.617. The van der Waals surface area contributed by atoms with Crippen molar-refractivity contribution in [2.75, 3.05) is 6.61 Å². The summed E-state index contributed by atoms with van der Waals surface area (Å²) in [4.78, 5) is 35.5. The Balaban J connectivity index is 1.82. The van der Waals surface area contributed by atoms with E-state index >= 15 is 0 Å². The van der Waals surface area contributed by atoms with E-state index < -0.39 is 24.4 Å². The Bertz CT molecular complexity index is 786. The van der Waals surface area contributed by atoms with Crippen LogP contribution in [0.2, 0.25) is 5.02 Å². The van der Waals surface area contributed by atoms with Gasteiger partial charge in [-0.3, -0.25) is 20.4 Å². The standard InChI is InChI=1S/C16H16ClN3O5/c1-3-12-14(9(2)25-20-12)16(23)24-8-13(21)18-19-15(22)10-4-6-11(17)7-5-10/h4-7H,3,8H2,1-2H3,(H,18,21)(H,19,22).